The zero-order valence-electron chi connectivity index (χ0n) is 7.20. The molecule has 0 bridgehead atoms. The molecule has 0 aliphatic heterocycles. The highest BCUT2D eigenvalue weighted by Gasteiger charge is 2.11. The van der Waals surface area contributed by atoms with E-state index in [4.69, 9.17) is 5.73 Å². The van der Waals surface area contributed by atoms with Gasteiger partial charge in [0.05, 0.1) is 0 Å². The Bertz CT molecular complexity index is 312. The van der Waals surface area contributed by atoms with E-state index in [0.29, 0.717) is 12.0 Å². The quantitative estimate of drug-likeness (QED) is 0.701. The van der Waals surface area contributed by atoms with E-state index in [1.807, 2.05) is 0 Å². The fourth-order valence-electron chi connectivity index (χ4n) is 1.14. The lowest BCUT2D eigenvalue weighted by molar-refractivity contribution is 0.420. The number of benzene rings is 1. The van der Waals surface area contributed by atoms with Gasteiger partial charge in [0.15, 0.2) is 11.6 Å². The molecular weight excluding hydrogens is 169 g/mol. The van der Waals surface area contributed by atoms with E-state index in [0.717, 1.165) is 0 Å². The lowest BCUT2D eigenvalue weighted by Gasteiger charge is -2.11. The SMILES string of the molecule is C=CC[C@@H](N)c1cccc(F)c1O. The van der Waals surface area contributed by atoms with Crippen LogP contribution in [0.25, 0.3) is 0 Å². The number of rotatable bonds is 3. The van der Waals surface area contributed by atoms with Crippen molar-refractivity contribution in [3.8, 4) is 5.75 Å². The predicted molar refractivity (Wildman–Crippen MR) is 49.8 cm³/mol. The number of hydrogen-bond acceptors (Lipinski definition) is 2. The molecule has 1 atom stereocenters. The number of halogens is 1. The molecule has 70 valence electrons. The van der Waals surface area contributed by atoms with Crippen molar-refractivity contribution in [1.82, 2.24) is 0 Å². The Morgan fingerprint density at radius 1 is 1.62 bits per heavy atom. The van der Waals surface area contributed by atoms with Gasteiger partial charge in [0, 0.05) is 11.6 Å². The number of hydrogen-bond donors (Lipinski definition) is 2. The Balaban J connectivity index is 3.00. The summed E-state index contributed by atoms with van der Waals surface area (Å²) in [4.78, 5) is 0. The van der Waals surface area contributed by atoms with Crippen LogP contribution in [0.15, 0.2) is 30.9 Å². The van der Waals surface area contributed by atoms with Gasteiger partial charge in [-0.15, -0.1) is 6.58 Å². The summed E-state index contributed by atoms with van der Waals surface area (Å²) >= 11 is 0. The summed E-state index contributed by atoms with van der Waals surface area (Å²) in [6, 6.07) is 3.92. The van der Waals surface area contributed by atoms with Gasteiger partial charge in [-0.25, -0.2) is 4.39 Å². The first kappa shape index (κ1) is 9.74. The molecule has 0 aromatic heterocycles. The number of para-hydroxylation sites is 1. The zero-order chi connectivity index (χ0) is 9.84. The molecule has 0 unspecified atom stereocenters. The molecule has 0 aliphatic rings. The fourth-order valence-corrected chi connectivity index (χ4v) is 1.14. The van der Waals surface area contributed by atoms with Gasteiger partial charge < -0.3 is 10.8 Å². The molecule has 0 amide bonds. The van der Waals surface area contributed by atoms with E-state index in [-0.39, 0.29) is 5.75 Å². The fraction of sp³-hybridized carbons (Fsp3) is 0.200. The Morgan fingerprint density at radius 3 is 2.92 bits per heavy atom. The third kappa shape index (κ3) is 2.06. The summed E-state index contributed by atoms with van der Waals surface area (Å²) in [6.45, 7) is 3.52. The Labute approximate surface area is 76.5 Å². The average molecular weight is 181 g/mol. The third-order valence-electron chi connectivity index (χ3n) is 1.84. The van der Waals surface area contributed by atoms with Crippen LogP contribution < -0.4 is 5.73 Å². The minimum absolute atomic E-state index is 0.364. The van der Waals surface area contributed by atoms with Gasteiger partial charge in [0.2, 0.25) is 0 Å². The summed E-state index contributed by atoms with van der Waals surface area (Å²) in [6.07, 6.45) is 2.14. The largest absolute Gasteiger partial charge is 0.505 e. The highest BCUT2D eigenvalue weighted by molar-refractivity contribution is 5.36. The summed E-state index contributed by atoms with van der Waals surface area (Å²) < 4.78 is 12.8. The zero-order valence-corrected chi connectivity index (χ0v) is 7.20. The van der Waals surface area contributed by atoms with Gasteiger partial charge in [-0.05, 0) is 12.5 Å². The minimum Gasteiger partial charge on any atom is -0.505 e. The molecule has 2 nitrogen and oxygen atoms in total. The molecule has 13 heavy (non-hydrogen) atoms. The van der Waals surface area contributed by atoms with Gasteiger partial charge in [-0.3, -0.25) is 0 Å². The van der Waals surface area contributed by atoms with Gasteiger partial charge in [0.25, 0.3) is 0 Å². The molecule has 1 aromatic rings. The van der Waals surface area contributed by atoms with Crippen LogP contribution in [0.2, 0.25) is 0 Å². The average Bonchev–Trinajstić information content (AvgIpc) is 2.10. The monoisotopic (exact) mass is 181 g/mol. The molecule has 1 aromatic carbocycles. The maximum atomic E-state index is 12.8. The Hall–Kier alpha value is -1.35. The van der Waals surface area contributed by atoms with Crippen molar-refractivity contribution in [2.24, 2.45) is 5.73 Å². The minimum atomic E-state index is -0.642. The van der Waals surface area contributed by atoms with Crippen LogP contribution in [0, 0.1) is 5.82 Å². The normalized spacial score (nSPS) is 12.5. The van der Waals surface area contributed by atoms with Crippen LogP contribution in [0.3, 0.4) is 0 Å². The molecular formula is C10H12FNO. The molecule has 3 heteroatoms. The smallest absolute Gasteiger partial charge is 0.165 e. The molecule has 0 fully saturated rings. The maximum Gasteiger partial charge on any atom is 0.165 e. The molecule has 0 heterocycles. The van der Waals surface area contributed by atoms with E-state index in [1.165, 1.54) is 12.1 Å². The van der Waals surface area contributed by atoms with Crippen LogP contribution in [-0.4, -0.2) is 5.11 Å². The lowest BCUT2D eigenvalue weighted by atomic mass is 10.0. The number of nitrogens with two attached hydrogens (primary N) is 1. The van der Waals surface area contributed by atoms with E-state index in [2.05, 4.69) is 6.58 Å². The second-order valence-corrected chi connectivity index (χ2v) is 2.81. The highest BCUT2D eigenvalue weighted by atomic mass is 19.1. The number of aromatic hydroxyl groups is 1. The van der Waals surface area contributed by atoms with Gasteiger partial charge in [0.1, 0.15) is 0 Å². The molecule has 0 aliphatic carbocycles. The van der Waals surface area contributed by atoms with E-state index in [1.54, 1.807) is 12.1 Å². The second kappa shape index (κ2) is 4.05. The molecule has 0 saturated carbocycles. The van der Waals surface area contributed by atoms with Crippen LogP contribution in [0.5, 0.6) is 5.75 Å². The maximum absolute atomic E-state index is 12.8. The van der Waals surface area contributed by atoms with E-state index < -0.39 is 11.9 Å². The van der Waals surface area contributed by atoms with Crippen molar-refractivity contribution >= 4 is 0 Å². The van der Waals surface area contributed by atoms with Crippen molar-refractivity contribution < 1.29 is 9.50 Å². The Kier molecular flexibility index (Phi) is 3.03. The van der Waals surface area contributed by atoms with Crippen molar-refractivity contribution in [2.75, 3.05) is 0 Å². The summed E-state index contributed by atoms with van der Waals surface area (Å²) in [5.74, 6) is -1.01. The lowest BCUT2D eigenvalue weighted by Crippen LogP contribution is -2.09. The van der Waals surface area contributed by atoms with Crippen LogP contribution in [-0.2, 0) is 0 Å². The van der Waals surface area contributed by atoms with Gasteiger partial charge >= 0.3 is 0 Å². The van der Waals surface area contributed by atoms with E-state index in [9.17, 15) is 9.50 Å². The van der Waals surface area contributed by atoms with Crippen LogP contribution >= 0.6 is 0 Å². The van der Waals surface area contributed by atoms with Gasteiger partial charge in [-0.2, -0.15) is 0 Å². The van der Waals surface area contributed by atoms with Crippen molar-refractivity contribution in [3.63, 3.8) is 0 Å². The molecule has 0 radical (unpaired) electrons. The summed E-state index contributed by atoms with van der Waals surface area (Å²) in [7, 11) is 0. The topological polar surface area (TPSA) is 46.2 Å². The van der Waals surface area contributed by atoms with E-state index >= 15 is 0 Å². The second-order valence-electron chi connectivity index (χ2n) is 2.81. The first-order valence-electron chi connectivity index (χ1n) is 4.00. The Morgan fingerprint density at radius 2 is 2.31 bits per heavy atom. The van der Waals surface area contributed by atoms with Crippen molar-refractivity contribution in [1.29, 1.82) is 0 Å². The molecule has 3 N–H and O–H groups in total. The third-order valence-corrected chi connectivity index (χ3v) is 1.84. The predicted octanol–water partition coefficient (Wildman–Crippen LogP) is 2.11. The standard InChI is InChI=1S/C10H12FNO/c1-2-4-9(12)7-5-3-6-8(11)10(7)13/h2-3,5-6,9,13H,1,4,12H2/t9-/m1/s1. The van der Waals surface area contributed by atoms with Gasteiger partial charge in [-0.1, -0.05) is 18.2 Å². The van der Waals surface area contributed by atoms with Crippen LogP contribution in [0.1, 0.15) is 18.0 Å². The first-order chi connectivity index (χ1) is 6.16. The molecule has 1 rings (SSSR count). The molecule has 0 spiro atoms. The summed E-state index contributed by atoms with van der Waals surface area (Å²) in [5.41, 5.74) is 6.09. The number of phenols is 1. The van der Waals surface area contributed by atoms with Crippen molar-refractivity contribution in [3.05, 3.63) is 42.2 Å². The molecule has 0 saturated heterocycles. The van der Waals surface area contributed by atoms with Crippen LogP contribution in [0.4, 0.5) is 4.39 Å². The summed E-state index contributed by atoms with van der Waals surface area (Å²) in [5, 5.41) is 9.31. The van der Waals surface area contributed by atoms with Crippen molar-refractivity contribution in [2.45, 2.75) is 12.5 Å². The highest BCUT2D eigenvalue weighted by Crippen LogP contribution is 2.27. The number of phenolic OH excluding ortho intramolecular Hbond substituents is 1. The first-order valence-corrected chi connectivity index (χ1v) is 4.00.